The van der Waals surface area contributed by atoms with Crippen LogP contribution < -0.4 is 11.1 Å². The van der Waals surface area contributed by atoms with E-state index in [0.29, 0.717) is 0 Å². The summed E-state index contributed by atoms with van der Waals surface area (Å²) in [5.41, 5.74) is 4.98. The second-order valence-corrected chi connectivity index (χ2v) is 3.51. The van der Waals surface area contributed by atoms with Gasteiger partial charge in [-0.1, -0.05) is 0 Å². The molecule has 0 bridgehead atoms. The van der Waals surface area contributed by atoms with Gasteiger partial charge in [0.05, 0.1) is 5.75 Å². The summed E-state index contributed by atoms with van der Waals surface area (Å²) in [7, 11) is -3.49. The lowest BCUT2D eigenvalue weighted by Gasteiger charge is -1.94. The summed E-state index contributed by atoms with van der Waals surface area (Å²) in [6, 6.07) is 0. The van der Waals surface area contributed by atoms with Crippen molar-refractivity contribution in [3.63, 3.8) is 0 Å². The number of guanidine groups is 1. The van der Waals surface area contributed by atoms with E-state index in [2.05, 4.69) is 4.40 Å². The molecule has 0 unspecified atom stereocenters. The molecule has 0 aromatic carbocycles. The Morgan fingerprint density at radius 3 is 2.73 bits per heavy atom. The minimum Gasteiger partial charge on any atom is -0.368 e. The first kappa shape index (κ1) is 9.71. The number of nitriles is 1. The lowest BCUT2D eigenvalue weighted by molar-refractivity contribution is 0.599. The van der Waals surface area contributed by atoms with E-state index in [1.807, 2.05) is 5.32 Å². The molecule has 0 rings (SSSR count). The van der Waals surface area contributed by atoms with Crippen LogP contribution in [0.15, 0.2) is 4.40 Å². The van der Waals surface area contributed by atoms with Crippen molar-refractivity contribution in [1.29, 1.82) is 5.26 Å². The van der Waals surface area contributed by atoms with Crippen LogP contribution in [0.1, 0.15) is 6.92 Å². The van der Waals surface area contributed by atoms with Crippen LogP contribution in [0.25, 0.3) is 0 Å². The molecule has 0 fully saturated rings. The number of nitrogens with two attached hydrogens (primary N) is 1. The normalized spacial score (nSPS) is 12.2. The molecule has 0 spiro atoms. The van der Waals surface area contributed by atoms with Gasteiger partial charge < -0.3 is 5.73 Å². The first-order valence-electron chi connectivity index (χ1n) is 2.75. The average Bonchev–Trinajstić information content (AvgIpc) is 1.87. The number of hydrogen-bond donors (Lipinski definition) is 2. The monoisotopic (exact) mass is 176 g/mol. The predicted molar refractivity (Wildman–Crippen MR) is 39.8 cm³/mol. The minimum absolute atomic E-state index is 0.138. The Kier molecular flexibility index (Phi) is 3.33. The summed E-state index contributed by atoms with van der Waals surface area (Å²) in [5, 5.41) is 9.88. The molecule has 0 aromatic rings. The summed E-state index contributed by atoms with van der Waals surface area (Å²) in [6.45, 7) is 1.43. The summed E-state index contributed by atoms with van der Waals surface area (Å²) in [4.78, 5) is 0. The number of sulfonamides is 1. The summed E-state index contributed by atoms with van der Waals surface area (Å²) >= 11 is 0. The van der Waals surface area contributed by atoms with E-state index in [4.69, 9.17) is 11.0 Å². The van der Waals surface area contributed by atoms with Crippen molar-refractivity contribution in [1.82, 2.24) is 5.32 Å². The van der Waals surface area contributed by atoms with Crippen LogP contribution in [0.4, 0.5) is 0 Å². The van der Waals surface area contributed by atoms with Gasteiger partial charge in [0.15, 0.2) is 6.19 Å². The highest BCUT2D eigenvalue weighted by Gasteiger charge is 2.03. The fraction of sp³-hybridized carbons (Fsp3) is 0.500. The highest BCUT2D eigenvalue weighted by molar-refractivity contribution is 7.90. The van der Waals surface area contributed by atoms with Crippen molar-refractivity contribution in [3.05, 3.63) is 0 Å². The molecule has 3 N–H and O–H groups in total. The van der Waals surface area contributed by atoms with Crippen molar-refractivity contribution in [2.75, 3.05) is 5.75 Å². The quantitative estimate of drug-likeness (QED) is 0.236. The highest BCUT2D eigenvalue weighted by atomic mass is 32.2. The maximum Gasteiger partial charge on any atom is 0.256 e. The Hall–Kier alpha value is -1.29. The zero-order chi connectivity index (χ0) is 8.91. The second kappa shape index (κ2) is 3.78. The van der Waals surface area contributed by atoms with Crippen molar-refractivity contribution in [2.45, 2.75) is 6.92 Å². The van der Waals surface area contributed by atoms with Gasteiger partial charge in [0.2, 0.25) is 5.96 Å². The van der Waals surface area contributed by atoms with Gasteiger partial charge in [-0.3, -0.25) is 5.32 Å². The smallest absolute Gasteiger partial charge is 0.256 e. The van der Waals surface area contributed by atoms with Gasteiger partial charge in [-0.05, 0) is 6.92 Å². The van der Waals surface area contributed by atoms with Crippen molar-refractivity contribution in [3.8, 4) is 6.19 Å². The third-order valence-corrected chi connectivity index (χ3v) is 1.99. The van der Waals surface area contributed by atoms with E-state index >= 15 is 0 Å². The molecule has 0 heterocycles. The molecule has 0 aliphatic rings. The van der Waals surface area contributed by atoms with E-state index in [0.717, 1.165) is 0 Å². The van der Waals surface area contributed by atoms with Crippen LogP contribution >= 0.6 is 0 Å². The molecular weight excluding hydrogens is 168 g/mol. The first-order valence-corrected chi connectivity index (χ1v) is 4.36. The van der Waals surface area contributed by atoms with Gasteiger partial charge in [-0.2, -0.15) is 5.26 Å². The lowest BCUT2D eigenvalue weighted by Crippen LogP contribution is -2.28. The number of rotatable bonds is 2. The maximum absolute atomic E-state index is 10.7. The molecule has 0 aliphatic carbocycles. The fourth-order valence-electron chi connectivity index (χ4n) is 0.294. The topological polar surface area (TPSA) is 108 Å². The Morgan fingerprint density at radius 2 is 2.36 bits per heavy atom. The van der Waals surface area contributed by atoms with Gasteiger partial charge in [0.1, 0.15) is 0 Å². The molecule has 0 amide bonds. The Labute approximate surface area is 64.8 Å². The SMILES string of the molecule is CCS(=O)(=O)/N=C(\N)NC#N. The Balaban J connectivity index is 4.46. The largest absolute Gasteiger partial charge is 0.368 e. The van der Waals surface area contributed by atoms with Crippen LogP contribution in [-0.2, 0) is 10.0 Å². The van der Waals surface area contributed by atoms with Gasteiger partial charge in [0.25, 0.3) is 10.0 Å². The van der Waals surface area contributed by atoms with Crippen LogP contribution in [0.5, 0.6) is 0 Å². The zero-order valence-corrected chi connectivity index (χ0v) is 6.72. The van der Waals surface area contributed by atoms with Gasteiger partial charge in [-0.25, -0.2) is 8.42 Å². The molecule has 7 heteroatoms. The van der Waals surface area contributed by atoms with E-state index in [9.17, 15) is 8.42 Å². The van der Waals surface area contributed by atoms with Crippen LogP contribution in [0.2, 0.25) is 0 Å². The molecule has 0 aromatic heterocycles. The minimum atomic E-state index is -3.49. The first-order chi connectivity index (χ1) is 5.02. The van der Waals surface area contributed by atoms with E-state index in [-0.39, 0.29) is 5.75 Å². The highest BCUT2D eigenvalue weighted by Crippen LogP contribution is 1.88. The second-order valence-electron chi connectivity index (χ2n) is 1.58. The van der Waals surface area contributed by atoms with Crippen LogP contribution in [0, 0.1) is 11.5 Å². The molecule has 62 valence electrons. The van der Waals surface area contributed by atoms with Crippen molar-refractivity contribution >= 4 is 16.0 Å². The fourth-order valence-corrected chi connectivity index (χ4v) is 0.769. The van der Waals surface area contributed by atoms with Crippen molar-refractivity contribution < 1.29 is 8.42 Å². The van der Waals surface area contributed by atoms with E-state index in [1.54, 1.807) is 0 Å². The average molecular weight is 176 g/mol. The van der Waals surface area contributed by atoms with Gasteiger partial charge in [0, 0.05) is 0 Å². The standard InChI is InChI=1S/C4H8N4O2S/c1-2-11(9,10)8-4(6)7-3-5/h2H2,1H3,(H3,6,7,8). The summed E-state index contributed by atoms with van der Waals surface area (Å²) in [5.74, 6) is -0.546. The molecule has 0 saturated heterocycles. The number of nitrogens with zero attached hydrogens (tertiary/aromatic N) is 2. The Morgan fingerprint density at radius 1 is 1.82 bits per heavy atom. The molecule has 0 atom stereocenters. The molecule has 0 saturated carbocycles. The predicted octanol–water partition coefficient (Wildman–Crippen LogP) is -1.28. The lowest BCUT2D eigenvalue weighted by atomic mass is 11.0. The summed E-state index contributed by atoms with van der Waals surface area (Å²) in [6.07, 6.45) is 1.44. The molecule has 0 aliphatic heterocycles. The van der Waals surface area contributed by atoms with Gasteiger partial charge >= 0.3 is 0 Å². The third kappa shape index (κ3) is 4.16. The summed E-state index contributed by atoms with van der Waals surface area (Å²) < 4.78 is 24.4. The molecule has 11 heavy (non-hydrogen) atoms. The molecular formula is C4H8N4O2S. The number of hydrogen-bond acceptors (Lipinski definition) is 3. The van der Waals surface area contributed by atoms with Crippen molar-refractivity contribution in [2.24, 2.45) is 10.1 Å². The third-order valence-electron chi connectivity index (χ3n) is 0.786. The number of nitrogens with one attached hydrogen (secondary N) is 1. The Bertz CT molecular complexity index is 286. The zero-order valence-electron chi connectivity index (χ0n) is 5.90. The van der Waals surface area contributed by atoms with E-state index < -0.39 is 16.0 Å². The maximum atomic E-state index is 10.7. The van der Waals surface area contributed by atoms with E-state index in [1.165, 1.54) is 13.1 Å². The molecule has 6 nitrogen and oxygen atoms in total. The van der Waals surface area contributed by atoms with Gasteiger partial charge in [-0.15, -0.1) is 4.40 Å². The molecule has 0 radical (unpaired) electrons. The van der Waals surface area contributed by atoms with Crippen LogP contribution in [0.3, 0.4) is 0 Å². The van der Waals surface area contributed by atoms with Crippen LogP contribution in [-0.4, -0.2) is 20.1 Å².